The number of nitrogens with zero attached hydrogens (tertiary/aromatic N) is 1. The molecule has 2 heterocycles. The van der Waals surface area contributed by atoms with Crippen LogP contribution in [0.2, 0.25) is 5.02 Å². The Bertz CT molecular complexity index is 1180. The fraction of sp³-hybridized carbons (Fsp3) is 0.407. The standard InChI is InChI=1S/C27H31ClN2O3S/c1-5-32-22-11-8-17(13-21(22)28)15-30-26-24(25(31)29-16-19-7-6-12-33-19)20-10-9-18(27(2,3)4)14-23(20)34-26/h6-8,11-13,15,18H,5,9-10,14,16H2,1-4H3,(H,29,31)/t18-/m1/s1. The van der Waals surface area contributed by atoms with Crippen LogP contribution in [0.15, 0.2) is 46.0 Å². The maximum atomic E-state index is 13.3. The van der Waals surface area contributed by atoms with Gasteiger partial charge in [-0.3, -0.25) is 4.79 Å². The van der Waals surface area contributed by atoms with Crippen LogP contribution in [0.5, 0.6) is 5.75 Å². The molecule has 1 amide bonds. The molecule has 0 spiro atoms. The van der Waals surface area contributed by atoms with Crippen molar-refractivity contribution in [2.75, 3.05) is 6.61 Å². The minimum absolute atomic E-state index is 0.111. The van der Waals surface area contributed by atoms with Crippen molar-refractivity contribution < 1.29 is 13.9 Å². The molecule has 0 radical (unpaired) electrons. The van der Waals surface area contributed by atoms with Crippen LogP contribution in [-0.2, 0) is 19.4 Å². The van der Waals surface area contributed by atoms with E-state index in [1.165, 1.54) is 4.88 Å². The van der Waals surface area contributed by atoms with Crippen molar-refractivity contribution in [3.63, 3.8) is 0 Å². The number of halogens is 1. The van der Waals surface area contributed by atoms with Gasteiger partial charge in [-0.2, -0.15) is 0 Å². The molecular formula is C27H31ClN2O3S. The van der Waals surface area contributed by atoms with Crippen molar-refractivity contribution in [3.8, 4) is 5.75 Å². The van der Waals surface area contributed by atoms with Crippen LogP contribution < -0.4 is 10.1 Å². The first-order valence-electron chi connectivity index (χ1n) is 11.7. The Labute approximate surface area is 210 Å². The molecular weight excluding hydrogens is 468 g/mol. The molecule has 5 nitrogen and oxygen atoms in total. The fourth-order valence-electron chi connectivity index (χ4n) is 4.31. The normalized spacial score (nSPS) is 16.0. The Morgan fingerprint density at radius 3 is 2.85 bits per heavy atom. The summed E-state index contributed by atoms with van der Waals surface area (Å²) >= 11 is 7.97. The van der Waals surface area contributed by atoms with Crippen LogP contribution >= 0.6 is 22.9 Å². The number of hydrogen-bond donors (Lipinski definition) is 1. The Morgan fingerprint density at radius 2 is 2.18 bits per heavy atom. The second kappa shape index (κ2) is 10.4. The first-order chi connectivity index (χ1) is 16.3. The lowest BCUT2D eigenvalue weighted by atomic mass is 9.72. The molecule has 0 saturated carbocycles. The number of ether oxygens (including phenoxy) is 1. The summed E-state index contributed by atoms with van der Waals surface area (Å²) in [5.41, 5.74) is 2.91. The van der Waals surface area contributed by atoms with Crippen molar-refractivity contribution in [2.24, 2.45) is 16.3 Å². The van der Waals surface area contributed by atoms with Crippen molar-refractivity contribution in [3.05, 3.63) is 68.9 Å². The Balaban J connectivity index is 1.63. The minimum Gasteiger partial charge on any atom is -0.492 e. The van der Waals surface area contributed by atoms with Gasteiger partial charge in [0.15, 0.2) is 0 Å². The Kier molecular flexibility index (Phi) is 7.48. The van der Waals surface area contributed by atoms with Crippen LogP contribution in [0.4, 0.5) is 5.00 Å². The third-order valence-electron chi connectivity index (χ3n) is 6.29. The van der Waals surface area contributed by atoms with Crippen molar-refractivity contribution in [1.29, 1.82) is 0 Å². The molecule has 1 aliphatic rings. The number of carbonyl (C=O) groups is 1. The molecule has 0 aliphatic heterocycles. The molecule has 3 aromatic rings. The number of amides is 1. The summed E-state index contributed by atoms with van der Waals surface area (Å²) in [5, 5.41) is 4.29. The molecule has 0 saturated heterocycles. The van der Waals surface area contributed by atoms with Gasteiger partial charge >= 0.3 is 0 Å². The average molecular weight is 499 g/mol. The highest BCUT2D eigenvalue weighted by atomic mass is 35.5. The maximum Gasteiger partial charge on any atom is 0.255 e. The van der Waals surface area contributed by atoms with Gasteiger partial charge in [0.25, 0.3) is 5.91 Å². The van der Waals surface area contributed by atoms with Crippen molar-refractivity contribution >= 4 is 40.1 Å². The summed E-state index contributed by atoms with van der Waals surface area (Å²) in [4.78, 5) is 19.3. The van der Waals surface area contributed by atoms with Crippen molar-refractivity contribution in [1.82, 2.24) is 5.32 Å². The zero-order valence-corrected chi connectivity index (χ0v) is 21.7. The number of carbonyl (C=O) groups excluding carboxylic acids is 1. The van der Waals surface area contributed by atoms with E-state index in [0.29, 0.717) is 35.4 Å². The highest BCUT2D eigenvalue weighted by molar-refractivity contribution is 7.16. The van der Waals surface area contributed by atoms with E-state index in [1.807, 2.05) is 37.3 Å². The lowest BCUT2D eigenvalue weighted by Gasteiger charge is -2.33. The Morgan fingerprint density at radius 1 is 1.35 bits per heavy atom. The van der Waals surface area contributed by atoms with Crippen LogP contribution in [0.25, 0.3) is 0 Å². The molecule has 0 fully saturated rings. The van der Waals surface area contributed by atoms with E-state index in [2.05, 4.69) is 26.1 Å². The van der Waals surface area contributed by atoms with Gasteiger partial charge in [0, 0.05) is 11.1 Å². The van der Waals surface area contributed by atoms with Gasteiger partial charge in [-0.1, -0.05) is 32.4 Å². The smallest absolute Gasteiger partial charge is 0.255 e. The molecule has 1 aromatic carbocycles. The summed E-state index contributed by atoms with van der Waals surface area (Å²) in [6.45, 7) is 9.71. The second-order valence-electron chi connectivity index (χ2n) is 9.63. The molecule has 1 N–H and O–H groups in total. The molecule has 180 valence electrons. The number of rotatable bonds is 7. The highest BCUT2D eigenvalue weighted by Crippen LogP contribution is 2.45. The summed E-state index contributed by atoms with van der Waals surface area (Å²) in [6, 6.07) is 9.26. The van der Waals surface area contributed by atoms with Gasteiger partial charge in [0.2, 0.25) is 0 Å². The number of furan rings is 1. The number of hydrogen-bond acceptors (Lipinski definition) is 5. The molecule has 1 aliphatic carbocycles. The number of nitrogens with one attached hydrogen (secondary N) is 1. The van der Waals surface area contributed by atoms with Crippen LogP contribution in [0, 0.1) is 11.3 Å². The number of aliphatic imine (C=N–C) groups is 1. The third kappa shape index (κ3) is 5.56. The van der Waals surface area contributed by atoms with Gasteiger partial charge < -0.3 is 14.5 Å². The second-order valence-corrected chi connectivity index (χ2v) is 11.1. The molecule has 1 atom stereocenters. The topological polar surface area (TPSA) is 63.8 Å². The van der Waals surface area contributed by atoms with Gasteiger partial charge in [0.1, 0.15) is 16.5 Å². The molecule has 0 bridgehead atoms. The van der Waals surface area contributed by atoms with Gasteiger partial charge in [-0.05, 0) is 79.0 Å². The fourth-order valence-corrected chi connectivity index (χ4v) is 5.82. The first kappa shape index (κ1) is 24.6. The quantitative estimate of drug-likeness (QED) is 0.349. The molecule has 4 rings (SSSR count). The van der Waals surface area contributed by atoms with E-state index >= 15 is 0 Å². The van der Waals surface area contributed by atoms with Gasteiger partial charge in [-0.15, -0.1) is 11.3 Å². The zero-order valence-electron chi connectivity index (χ0n) is 20.1. The van der Waals surface area contributed by atoms with Crippen molar-refractivity contribution in [2.45, 2.75) is 53.5 Å². The number of benzene rings is 1. The van der Waals surface area contributed by atoms with Crippen LogP contribution in [0.3, 0.4) is 0 Å². The number of fused-ring (bicyclic) bond motifs is 1. The lowest BCUT2D eigenvalue weighted by Crippen LogP contribution is -2.28. The predicted octanol–water partition coefficient (Wildman–Crippen LogP) is 7.22. The monoisotopic (exact) mass is 498 g/mol. The SMILES string of the molecule is CCOc1ccc(C=Nc2sc3c(c2C(=O)NCc2ccco2)CC[C@@H](C(C)(C)C)C3)cc1Cl. The summed E-state index contributed by atoms with van der Waals surface area (Å²) < 4.78 is 10.9. The molecule has 34 heavy (non-hydrogen) atoms. The van der Waals surface area contributed by atoms with Crippen LogP contribution in [-0.4, -0.2) is 18.7 Å². The zero-order chi connectivity index (χ0) is 24.3. The van der Waals surface area contributed by atoms with E-state index in [9.17, 15) is 4.79 Å². The van der Waals surface area contributed by atoms with Crippen LogP contribution in [0.1, 0.15) is 66.2 Å². The van der Waals surface area contributed by atoms with Gasteiger partial charge in [0.05, 0.1) is 30.0 Å². The van der Waals surface area contributed by atoms with E-state index in [4.69, 9.17) is 25.7 Å². The van der Waals surface area contributed by atoms with E-state index < -0.39 is 0 Å². The van der Waals surface area contributed by atoms with Gasteiger partial charge in [-0.25, -0.2) is 4.99 Å². The lowest BCUT2D eigenvalue weighted by molar-refractivity contribution is 0.0947. The number of thiophene rings is 1. The maximum absolute atomic E-state index is 13.3. The summed E-state index contributed by atoms with van der Waals surface area (Å²) in [7, 11) is 0. The summed E-state index contributed by atoms with van der Waals surface area (Å²) in [6.07, 6.45) is 6.32. The third-order valence-corrected chi connectivity index (χ3v) is 7.75. The van der Waals surface area contributed by atoms with E-state index in [-0.39, 0.29) is 11.3 Å². The van der Waals surface area contributed by atoms with E-state index in [1.54, 1.807) is 23.8 Å². The molecule has 7 heteroatoms. The highest BCUT2D eigenvalue weighted by Gasteiger charge is 2.33. The Hall–Kier alpha value is -2.57. The first-order valence-corrected chi connectivity index (χ1v) is 12.9. The largest absolute Gasteiger partial charge is 0.492 e. The average Bonchev–Trinajstić information content (AvgIpc) is 3.44. The predicted molar refractivity (Wildman–Crippen MR) is 139 cm³/mol. The minimum atomic E-state index is -0.111. The van der Waals surface area contributed by atoms with E-state index in [0.717, 1.165) is 41.2 Å². The summed E-state index contributed by atoms with van der Waals surface area (Å²) in [5.74, 6) is 1.85. The molecule has 2 aromatic heterocycles. The molecule has 0 unspecified atom stereocenters.